The molecule has 0 N–H and O–H groups in total. The van der Waals surface area contributed by atoms with E-state index >= 15 is 0 Å². The first-order chi connectivity index (χ1) is 13.9. The van der Waals surface area contributed by atoms with Crippen molar-refractivity contribution in [1.29, 1.82) is 0 Å². The zero-order valence-electron chi connectivity index (χ0n) is 17.7. The Kier molecular flexibility index (Phi) is 5.40. The number of ether oxygens (including phenoxy) is 1. The van der Waals surface area contributed by atoms with E-state index in [-0.39, 0.29) is 5.91 Å². The van der Waals surface area contributed by atoms with E-state index in [1.165, 1.54) is 0 Å². The molecule has 0 spiro atoms. The maximum atomic E-state index is 13.0. The third-order valence-electron chi connectivity index (χ3n) is 5.76. The van der Waals surface area contributed by atoms with Gasteiger partial charge in [0.1, 0.15) is 17.5 Å². The molecule has 0 radical (unpaired) electrons. The minimum Gasteiger partial charge on any atom is -0.378 e. The van der Waals surface area contributed by atoms with Gasteiger partial charge in [-0.05, 0) is 20.8 Å². The SMILES string of the molecule is Cc1nc(N2CCOCC2)cc(N2CCN(C(=O)c3c(C)nn(C)c3C)CC2)n1. The van der Waals surface area contributed by atoms with Gasteiger partial charge < -0.3 is 19.4 Å². The number of anilines is 2. The van der Waals surface area contributed by atoms with E-state index in [2.05, 4.69) is 30.9 Å². The Labute approximate surface area is 171 Å². The first-order valence-corrected chi connectivity index (χ1v) is 10.2. The number of carbonyl (C=O) groups is 1. The summed E-state index contributed by atoms with van der Waals surface area (Å²) in [4.78, 5) is 28.7. The average Bonchev–Trinajstić information content (AvgIpc) is 2.99. The second kappa shape index (κ2) is 7.98. The zero-order valence-corrected chi connectivity index (χ0v) is 17.7. The van der Waals surface area contributed by atoms with Gasteiger partial charge in [0.2, 0.25) is 0 Å². The van der Waals surface area contributed by atoms with Gasteiger partial charge in [-0.25, -0.2) is 9.97 Å². The predicted molar refractivity (Wildman–Crippen MR) is 111 cm³/mol. The minimum absolute atomic E-state index is 0.0700. The molecule has 2 aliphatic rings. The summed E-state index contributed by atoms with van der Waals surface area (Å²) in [6.45, 7) is 11.8. The molecule has 1 amide bonds. The summed E-state index contributed by atoms with van der Waals surface area (Å²) in [5, 5.41) is 4.38. The molecule has 0 atom stereocenters. The van der Waals surface area contributed by atoms with Crippen LogP contribution in [-0.2, 0) is 11.8 Å². The van der Waals surface area contributed by atoms with Crippen LogP contribution in [0.15, 0.2) is 6.07 Å². The van der Waals surface area contributed by atoms with Gasteiger partial charge in [0.15, 0.2) is 0 Å². The monoisotopic (exact) mass is 399 g/mol. The number of rotatable bonds is 3. The summed E-state index contributed by atoms with van der Waals surface area (Å²) in [7, 11) is 1.88. The van der Waals surface area contributed by atoms with Gasteiger partial charge in [0, 0.05) is 58.1 Å². The van der Waals surface area contributed by atoms with E-state index in [4.69, 9.17) is 4.74 Å². The van der Waals surface area contributed by atoms with Crippen LogP contribution in [-0.4, -0.2) is 83.0 Å². The first kappa shape index (κ1) is 19.6. The largest absolute Gasteiger partial charge is 0.378 e. The number of hydrogen-bond acceptors (Lipinski definition) is 7. The molecule has 2 fully saturated rings. The molecular weight excluding hydrogens is 370 g/mol. The molecule has 29 heavy (non-hydrogen) atoms. The number of piperazine rings is 1. The summed E-state index contributed by atoms with van der Waals surface area (Å²) >= 11 is 0. The van der Waals surface area contributed by atoms with E-state index in [1.807, 2.05) is 32.7 Å². The molecule has 0 aliphatic carbocycles. The van der Waals surface area contributed by atoms with Crippen molar-refractivity contribution in [2.75, 3.05) is 62.3 Å². The van der Waals surface area contributed by atoms with Crippen molar-refractivity contribution in [3.05, 3.63) is 28.8 Å². The third-order valence-corrected chi connectivity index (χ3v) is 5.76. The van der Waals surface area contributed by atoms with Crippen LogP contribution in [0.5, 0.6) is 0 Å². The molecule has 156 valence electrons. The summed E-state index contributed by atoms with van der Waals surface area (Å²) in [6.07, 6.45) is 0. The number of aromatic nitrogens is 4. The molecule has 0 saturated carbocycles. The van der Waals surface area contributed by atoms with Gasteiger partial charge >= 0.3 is 0 Å². The molecule has 0 bridgehead atoms. The van der Waals surface area contributed by atoms with Gasteiger partial charge in [-0.1, -0.05) is 0 Å². The molecule has 4 rings (SSSR count). The Morgan fingerprint density at radius 3 is 2.07 bits per heavy atom. The summed E-state index contributed by atoms with van der Waals surface area (Å²) in [5.74, 6) is 2.72. The molecule has 4 heterocycles. The van der Waals surface area contributed by atoms with Crippen LogP contribution in [0, 0.1) is 20.8 Å². The Balaban J connectivity index is 1.45. The van der Waals surface area contributed by atoms with Crippen molar-refractivity contribution in [2.24, 2.45) is 7.05 Å². The highest BCUT2D eigenvalue weighted by molar-refractivity contribution is 5.96. The lowest BCUT2D eigenvalue weighted by atomic mass is 10.1. The van der Waals surface area contributed by atoms with Crippen molar-refractivity contribution in [2.45, 2.75) is 20.8 Å². The van der Waals surface area contributed by atoms with Crippen LogP contribution in [0.2, 0.25) is 0 Å². The summed E-state index contributed by atoms with van der Waals surface area (Å²) in [5.41, 5.74) is 2.43. The van der Waals surface area contributed by atoms with Crippen molar-refractivity contribution < 1.29 is 9.53 Å². The fourth-order valence-corrected chi connectivity index (χ4v) is 4.03. The number of aryl methyl sites for hydroxylation is 3. The van der Waals surface area contributed by atoms with E-state index in [0.29, 0.717) is 13.1 Å². The van der Waals surface area contributed by atoms with Gasteiger partial charge in [0.05, 0.1) is 24.5 Å². The van der Waals surface area contributed by atoms with Crippen LogP contribution in [0.4, 0.5) is 11.6 Å². The maximum Gasteiger partial charge on any atom is 0.257 e. The summed E-state index contributed by atoms with van der Waals surface area (Å²) < 4.78 is 7.22. The van der Waals surface area contributed by atoms with Gasteiger partial charge in [0.25, 0.3) is 5.91 Å². The fraction of sp³-hybridized carbons (Fsp3) is 0.600. The van der Waals surface area contributed by atoms with Crippen molar-refractivity contribution in [1.82, 2.24) is 24.6 Å². The van der Waals surface area contributed by atoms with Crippen molar-refractivity contribution >= 4 is 17.5 Å². The topological polar surface area (TPSA) is 79.6 Å². The standard InChI is InChI=1S/C20H29N7O2/c1-14-19(15(2)24(4)23-14)20(28)27-7-5-25(6-8-27)17-13-18(22-16(3)21-17)26-9-11-29-12-10-26/h13H,5-12H2,1-4H3. The number of morpholine rings is 1. The van der Waals surface area contributed by atoms with E-state index in [1.54, 1.807) is 4.68 Å². The Bertz CT molecular complexity index is 896. The molecule has 2 aromatic rings. The van der Waals surface area contributed by atoms with E-state index in [0.717, 1.165) is 73.8 Å². The molecule has 0 unspecified atom stereocenters. The van der Waals surface area contributed by atoms with Crippen LogP contribution in [0.1, 0.15) is 27.6 Å². The molecular formula is C20H29N7O2. The molecule has 0 aromatic carbocycles. The Hall–Kier alpha value is -2.68. The average molecular weight is 399 g/mol. The highest BCUT2D eigenvalue weighted by Crippen LogP contribution is 2.22. The van der Waals surface area contributed by atoms with Gasteiger partial charge in [-0.2, -0.15) is 5.10 Å². The normalized spacial score (nSPS) is 17.7. The van der Waals surface area contributed by atoms with Gasteiger partial charge in [-0.15, -0.1) is 0 Å². The number of amides is 1. The molecule has 9 nitrogen and oxygen atoms in total. The van der Waals surface area contributed by atoms with E-state index in [9.17, 15) is 4.79 Å². The lowest BCUT2D eigenvalue weighted by Crippen LogP contribution is -2.49. The second-order valence-corrected chi connectivity index (χ2v) is 7.68. The highest BCUT2D eigenvalue weighted by Gasteiger charge is 2.27. The number of carbonyl (C=O) groups excluding carboxylic acids is 1. The van der Waals surface area contributed by atoms with Crippen molar-refractivity contribution in [3.63, 3.8) is 0 Å². The molecule has 2 saturated heterocycles. The van der Waals surface area contributed by atoms with Crippen LogP contribution in [0.3, 0.4) is 0 Å². The Morgan fingerprint density at radius 2 is 1.52 bits per heavy atom. The number of nitrogens with zero attached hydrogens (tertiary/aromatic N) is 7. The van der Waals surface area contributed by atoms with Crippen LogP contribution >= 0.6 is 0 Å². The predicted octanol–water partition coefficient (Wildman–Crippen LogP) is 0.934. The molecule has 9 heteroatoms. The third kappa shape index (κ3) is 3.91. The van der Waals surface area contributed by atoms with E-state index < -0.39 is 0 Å². The lowest BCUT2D eigenvalue weighted by molar-refractivity contribution is 0.0745. The highest BCUT2D eigenvalue weighted by atomic mass is 16.5. The molecule has 2 aliphatic heterocycles. The fourth-order valence-electron chi connectivity index (χ4n) is 4.03. The maximum absolute atomic E-state index is 13.0. The smallest absolute Gasteiger partial charge is 0.257 e. The summed E-state index contributed by atoms with van der Waals surface area (Å²) in [6, 6.07) is 2.06. The number of hydrogen-bond donors (Lipinski definition) is 0. The second-order valence-electron chi connectivity index (χ2n) is 7.68. The minimum atomic E-state index is 0.0700. The first-order valence-electron chi connectivity index (χ1n) is 10.2. The van der Waals surface area contributed by atoms with Crippen molar-refractivity contribution in [3.8, 4) is 0 Å². The lowest BCUT2D eigenvalue weighted by Gasteiger charge is -2.36. The zero-order chi connectivity index (χ0) is 20.5. The van der Waals surface area contributed by atoms with Gasteiger partial charge in [-0.3, -0.25) is 9.48 Å². The van der Waals surface area contributed by atoms with Crippen LogP contribution in [0.25, 0.3) is 0 Å². The van der Waals surface area contributed by atoms with Crippen LogP contribution < -0.4 is 9.80 Å². The Morgan fingerprint density at radius 1 is 0.931 bits per heavy atom. The molecule has 2 aromatic heterocycles. The quantitative estimate of drug-likeness (QED) is 0.760.